The average molecular weight is 203 g/mol. The first-order chi connectivity index (χ1) is 7.31. The number of hydrogen-bond donors (Lipinski definition) is 1. The van der Waals surface area contributed by atoms with Gasteiger partial charge in [0.15, 0.2) is 0 Å². The van der Waals surface area contributed by atoms with E-state index in [1.54, 1.807) is 5.56 Å². The molecule has 1 aromatic carbocycles. The van der Waals surface area contributed by atoms with Crippen molar-refractivity contribution < 1.29 is 0 Å². The Morgan fingerprint density at radius 3 is 3.00 bits per heavy atom. The van der Waals surface area contributed by atoms with Gasteiger partial charge in [-0.15, -0.1) is 0 Å². The lowest BCUT2D eigenvalue weighted by atomic mass is 9.84. The molecule has 1 aliphatic rings. The molecule has 0 aliphatic carbocycles. The second-order valence-corrected chi connectivity index (χ2v) is 4.78. The fourth-order valence-corrected chi connectivity index (χ4v) is 2.45. The van der Waals surface area contributed by atoms with Crippen LogP contribution in [0.5, 0.6) is 0 Å². The molecule has 0 fully saturated rings. The predicted molar refractivity (Wildman–Crippen MR) is 65.0 cm³/mol. The molecule has 0 aromatic heterocycles. The summed E-state index contributed by atoms with van der Waals surface area (Å²) in [6, 6.07) is 8.88. The molecule has 82 valence electrons. The molecule has 2 unspecified atom stereocenters. The molecule has 0 saturated heterocycles. The van der Waals surface area contributed by atoms with Gasteiger partial charge in [-0.1, -0.05) is 44.5 Å². The van der Waals surface area contributed by atoms with Crippen LogP contribution in [0.4, 0.5) is 0 Å². The van der Waals surface area contributed by atoms with Gasteiger partial charge >= 0.3 is 0 Å². The van der Waals surface area contributed by atoms with Crippen molar-refractivity contribution in [2.75, 3.05) is 6.54 Å². The zero-order valence-electron chi connectivity index (χ0n) is 9.79. The van der Waals surface area contributed by atoms with E-state index < -0.39 is 0 Å². The van der Waals surface area contributed by atoms with Gasteiger partial charge in [0.05, 0.1) is 0 Å². The molecule has 0 bridgehead atoms. The third-order valence-corrected chi connectivity index (χ3v) is 3.58. The average Bonchev–Trinajstić information content (AvgIpc) is 2.29. The molecule has 0 radical (unpaired) electrons. The van der Waals surface area contributed by atoms with E-state index in [9.17, 15) is 0 Å². The van der Waals surface area contributed by atoms with Crippen molar-refractivity contribution in [3.05, 3.63) is 35.4 Å². The Bertz CT molecular complexity index is 319. The summed E-state index contributed by atoms with van der Waals surface area (Å²) in [7, 11) is 0. The summed E-state index contributed by atoms with van der Waals surface area (Å²) in [6.45, 7) is 6.85. The van der Waals surface area contributed by atoms with Crippen LogP contribution in [0.3, 0.4) is 0 Å². The fraction of sp³-hybridized carbons (Fsp3) is 0.571. The maximum Gasteiger partial charge on any atom is 0.0208 e. The number of nitrogens with one attached hydrogen (secondary N) is 1. The first-order valence-corrected chi connectivity index (χ1v) is 6.09. The van der Waals surface area contributed by atoms with Crippen LogP contribution < -0.4 is 5.32 Å². The lowest BCUT2D eigenvalue weighted by molar-refractivity contribution is 0.419. The summed E-state index contributed by atoms with van der Waals surface area (Å²) in [5.41, 5.74) is 3.08. The highest BCUT2D eigenvalue weighted by molar-refractivity contribution is 5.32. The molecule has 1 N–H and O–H groups in total. The lowest BCUT2D eigenvalue weighted by Gasteiger charge is -2.28. The van der Waals surface area contributed by atoms with Crippen LogP contribution >= 0.6 is 0 Å². The van der Waals surface area contributed by atoms with E-state index in [1.165, 1.54) is 18.4 Å². The fourth-order valence-electron chi connectivity index (χ4n) is 2.45. The minimum Gasteiger partial charge on any atom is -0.312 e. The summed E-state index contributed by atoms with van der Waals surface area (Å²) in [6.07, 6.45) is 2.61. The van der Waals surface area contributed by atoms with Gasteiger partial charge in [-0.2, -0.15) is 0 Å². The molecule has 2 rings (SSSR count). The van der Waals surface area contributed by atoms with Gasteiger partial charge in [-0.05, 0) is 29.4 Å². The quantitative estimate of drug-likeness (QED) is 0.794. The Balaban J connectivity index is 2.15. The smallest absolute Gasteiger partial charge is 0.0208 e. The van der Waals surface area contributed by atoms with E-state index in [4.69, 9.17) is 0 Å². The van der Waals surface area contributed by atoms with Crippen molar-refractivity contribution >= 4 is 0 Å². The van der Waals surface area contributed by atoms with E-state index in [0.29, 0.717) is 0 Å². The van der Waals surface area contributed by atoms with Gasteiger partial charge in [0, 0.05) is 13.1 Å². The predicted octanol–water partition coefficient (Wildman–Crippen LogP) is 3.31. The third kappa shape index (κ3) is 2.40. The Morgan fingerprint density at radius 1 is 1.40 bits per heavy atom. The van der Waals surface area contributed by atoms with Gasteiger partial charge in [-0.25, -0.2) is 0 Å². The zero-order chi connectivity index (χ0) is 10.7. The first kappa shape index (κ1) is 10.7. The Morgan fingerprint density at radius 2 is 2.20 bits per heavy atom. The Labute approximate surface area is 92.9 Å². The van der Waals surface area contributed by atoms with E-state index in [0.717, 1.165) is 24.9 Å². The van der Waals surface area contributed by atoms with Crippen LogP contribution in [0.2, 0.25) is 0 Å². The van der Waals surface area contributed by atoms with Crippen molar-refractivity contribution in [3.8, 4) is 0 Å². The van der Waals surface area contributed by atoms with Gasteiger partial charge in [-0.3, -0.25) is 0 Å². The Hall–Kier alpha value is -0.820. The van der Waals surface area contributed by atoms with E-state index >= 15 is 0 Å². The summed E-state index contributed by atoms with van der Waals surface area (Å²) < 4.78 is 0. The second-order valence-electron chi connectivity index (χ2n) is 4.78. The standard InChI is InChI=1S/C14H21N/c1-3-11(2)8-13-10-15-9-12-6-4-5-7-14(12)13/h4-7,11,13,15H,3,8-10H2,1-2H3. The monoisotopic (exact) mass is 203 g/mol. The normalized spacial score (nSPS) is 22.1. The van der Waals surface area contributed by atoms with Crippen LogP contribution in [0.15, 0.2) is 24.3 Å². The van der Waals surface area contributed by atoms with Gasteiger partial charge < -0.3 is 5.32 Å². The first-order valence-electron chi connectivity index (χ1n) is 6.09. The minimum atomic E-state index is 0.727. The topological polar surface area (TPSA) is 12.0 Å². The van der Waals surface area contributed by atoms with Crippen molar-refractivity contribution in [2.45, 2.75) is 39.2 Å². The van der Waals surface area contributed by atoms with Gasteiger partial charge in [0.1, 0.15) is 0 Å². The summed E-state index contributed by atoms with van der Waals surface area (Å²) >= 11 is 0. The van der Waals surface area contributed by atoms with Crippen LogP contribution in [-0.4, -0.2) is 6.54 Å². The third-order valence-electron chi connectivity index (χ3n) is 3.58. The molecular weight excluding hydrogens is 182 g/mol. The van der Waals surface area contributed by atoms with Gasteiger partial charge in [0.2, 0.25) is 0 Å². The summed E-state index contributed by atoms with van der Waals surface area (Å²) in [5, 5.41) is 3.52. The van der Waals surface area contributed by atoms with E-state index in [1.807, 2.05) is 0 Å². The maximum absolute atomic E-state index is 3.52. The molecule has 2 atom stereocenters. The second kappa shape index (κ2) is 4.80. The van der Waals surface area contributed by atoms with Gasteiger partial charge in [0.25, 0.3) is 0 Å². The van der Waals surface area contributed by atoms with E-state index in [2.05, 4.69) is 43.4 Å². The molecule has 15 heavy (non-hydrogen) atoms. The maximum atomic E-state index is 3.52. The molecule has 0 saturated carbocycles. The molecule has 1 aromatic rings. The SMILES string of the molecule is CCC(C)CC1CNCc2ccccc21. The molecule has 1 aliphatic heterocycles. The summed E-state index contributed by atoms with van der Waals surface area (Å²) in [4.78, 5) is 0. The highest BCUT2D eigenvalue weighted by Gasteiger charge is 2.20. The van der Waals surface area contributed by atoms with Crippen LogP contribution in [0, 0.1) is 5.92 Å². The van der Waals surface area contributed by atoms with Crippen molar-refractivity contribution in [2.24, 2.45) is 5.92 Å². The molecular formula is C14H21N. The molecule has 1 heteroatoms. The highest BCUT2D eigenvalue weighted by atomic mass is 14.9. The Kier molecular flexibility index (Phi) is 3.42. The summed E-state index contributed by atoms with van der Waals surface area (Å²) in [5.74, 6) is 1.56. The molecule has 1 heterocycles. The van der Waals surface area contributed by atoms with Crippen molar-refractivity contribution in [1.29, 1.82) is 0 Å². The zero-order valence-corrected chi connectivity index (χ0v) is 9.79. The molecule has 0 spiro atoms. The number of hydrogen-bond acceptors (Lipinski definition) is 1. The highest BCUT2D eigenvalue weighted by Crippen LogP contribution is 2.29. The number of rotatable bonds is 3. The van der Waals surface area contributed by atoms with Crippen LogP contribution in [0.1, 0.15) is 43.7 Å². The van der Waals surface area contributed by atoms with Crippen LogP contribution in [0.25, 0.3) is 0 Å². The lowest BCUT2D eigenvalue weighted by Crippen LogP contribution is -2.29. The molecule has 0 amide bonds. The number of benzene rings is 1. The van der Waals surface area contributed by atoms with E-state index in [-0.39, 0.29) is 0 Å². The van der Waals surface area contributed by atoms with Crippen molar-refractivity contribution in [3.63, 3.8) is 0 Å². The number of fused-ring (bicyclic) bond motifs is 1. The van der Waals surface area contributed by atoms with Crippen molar-refractivity contribution in [1.82, 2.24) is 5.32 Å². The minimum absolute atomic E-state index is 0.727. The van der Waals surface area contributed by atoms with Crippen LogP contribution in [-0.2, 0) is 6.54 Å². The molecule has 1 nitrogen and oxygen atoms in total. The largest absolute Gasteiger partial charge is 0.312 e.